The first kappa shape index (κ1) is 17.3. The molecule has 1 aliphatic rings. The van der Waals surface area contributed by atoms with Gasteiger partial charge in [-0.15, -0.1) is 0 Å². The summed E-state index contributed by atoms with van der Waals surface area (Å²) in [6, 6.07) is 9.82. The molecule has 3 rings (SSSR count). The number of hydrogen-bond donors (Lipinski definition) is 1. The van der Waals surface area contributed by atoms with Crippen molar-refractivity contribution in [2.24, 2.45) is 0 Å². The van der Waals surface area contributed by atoms with E-state index in [-0.39, 0.29) is 12.4 Å². The number of rotatable bonds is 5. The Morgan fingerprint density at radius 3 is 2.83 bits per heavy atom. The summed E-state index contributed by atoms with van der Waals surface area (Å²) in [7, 11) is 0. The summed E-state index contributed by atoms with van der Waals surface area (Å²) >= 11 is 0. The van der Waals surface area contributed by atoms with Gasteiger partial charge in [-0.2, -0.15) is 0 Å². The van der Waals surface area contributed by atoms with E-state index in [0.717, 1.165) is 43.7 Å². The van der Waals surface area contributed by atoms with E-state index >= 15 is 0 Å². The molecule has 1 fully saturated rings. The van der Waals surface area contributed by atoms with E-state index in [1.807, 2.05) is 18.2 Å². The molecule has 0 unspecified atom stereocenters. The number of aliphatic hydroxyl groups is 1. The van der Waals surface area contributed by atoms with Crippen molar-refractivity contribution in [3.8, 4) is 0 Å². The number of hydrogen-bond acceptors (Lipinski definition) is 4. The minimum Gasteiger partial charge on any atom is -0.396 e. The smallest absolute Gasteiger partial charge is 0.149 e. The number of piperazine rings is 1. The third kappa shape index (κ3) is 3.74. The molecule has 1 N–H and O–H groups in total. The van der Waals surface area contributed by atoms with E-state index in [2.05, 4.69) is 28.6 Å². The molecule has 130 valence electrons. The van der Waals surface area contributed by atoms with Gasteiger partial charge in [0.25, 0.3) is 0 Å². The number of benzene rings is 1. The minimum atomic E-state index is -0.267. The number of pyridine rings is 1. The largest absolute Gasteiger partial charge is 0.396 e. The van der Waals surface area contributed by atoms with Crippen molar-refractivity contribution in [1.29, 1.82) is 0 Å². The normalized spacial score (nSPS) is 20.1. The van der Waals surface area contributed by atoms with Crippen molar-refractivity contribution >= 4 is 10.9 Å². The molecule has 0 aliphatic carbocycles. The van der Waals surface area contributed by atoms with Crippen LogP contribution in [0.1, 0.15) is 26.0 Å². The summed E-state index contributed by atoms with van der Waals surface area (Å²) in [6.07, 6.45) is 0.786. The summed E-state index contributed by atoms with van der Waals surface area (Å²) in [5.74, 6) is -0.267. The van der Waals surface area contributed by atoms with Gasteiger partial charge in [0.1, 0.15) is 11.3 Å². The zero-order valence-electron chi connectivity index (χ0n) is 14.5. The van der Waals surface area contributed by atoms with E-state index in [0.29, 0.717) is 17.6 Å². The highest BCUT2D eigenvalue weighted by Crippen LogP contribution is 2.20. The zero-order chi connectivity index (χ0) is 17.1. The molecule has 1 aromatic heterocycles. The lowest BCUT2D eigenvalue weighted by atomic mass is 10.1. The van der Waals surface area contributed by atoms with Crippen LogP contribution in [-0.4, -0.2) is 58.2 Å². The van der Waals surface area contributed by atoms with Gasteiger partial charge in [-0.3, -0.25) is 9.80 Å². The molecule has 5 heteroatoms. The Balaban J connectivity index is 1.73. The van der Waals surface area contributed by atoms with Gasteiger partial charge in [-0.25, -0.2) is 9.37 Å². The van der Waals surface area contributed by atoms with Crippen LogP contribution in [0.4, 0.5) is 4.39 Å². The van der Waals surface area contributed by atoms with E-state index < -0.39 is 0 Å². The fourth-order valence-corrected chi connectivity index (χ4v) is 3.63. The molecule has 0 spiro atoms. The number of fused-ring (bicyclic) bond motifs is 1. The lowest BCUT2D eigenvalue weighted by Crippen LogP contribution is -2.55. The average molecular weight is 331 g/mol. The van der Waals surface area contributed by atoms with Gasteiger partial charge in [0, 0.05) is 50.3 Å². The van der Waals surface area contributed by atoms with Crippen LogP contribution < -0.4 is 0 Å². The summed E-state index contributed by atoms with van der Waals surface area (Å²) < 4.78 is 13.9. The van der Waals surface area contributed by atoms with Gasteiger partial charge < -0.3 is 5.11 Å². The molecule has 0 amide bonds. The first-order chi connectivity index (χ1) is 11.6. The molecule has 2 heterocycles. The minimum absolute atomic E-state index is 0.209. The molecular weight excluding hydrogens is 305 g/mol. The second-order valence-corrected chi connectivity index (χ2v) is 6.85. The first-order valence-corrected chi connectivity index (χ1v) is 8.71. The second kappa shape index (κ2) is 7.55. The summed E-state index contributed by atoms with van der Waals surface area (Å²) in [6.45, 7) is 8.21. The monoisotopic (exact) mass is 331 g/mol. The van der Waals surface area contributed by atoms with Crippen molar-refractivity contribution in [3.63, 3.8) is 0 Å². The maximum Gasteiger partial charge on any atom is 0.149 e. The van der Waals surface area contributed by atoms with E-state index in [1.165, 1.54) is 6.07 Å². The Bertz CT molecular complexity index is 691. The standard InChI is InChI=1S/C19H26FN3O/c1-14(2)23-10-9-22(13-17(23)8-11-24)12-16-7-6-15-4-3-5-18(20)19(15)21-16/h3-7,14,17,24H,8-13H2,1-2H3/t17-/m1/s1. The van der Waals surface area contributed by atoms with Crippen LogP contribution >= 0.6 is 0 Å². The lowest BCUT2D eigenvalue weighted by molar-refractivity contribution is 0.0344. The maximum atomic E-state index is 13.9. The van der Waals surface area contributed by atoms with Crippen LogP contribution in [0.15, 0.2) is 30.3 Å². The number of halogens is 1. The first-order valence-electron chi connectivity index (χ1n) is 8.71. The van der Waals surface area contributed by atoms with Crippen molar-refractivity contribution in [1.82, 2.24) is 14.8 Å². The lowest BCUT2D eigenvalue weighted by Gasteiger charge is -2.43. The van der Waals surface area contributed by atoms with Crippen LogP contribution in [0, 0.1) is 5.82 Å². The van der Waals surface area contributed by atoms with Crippen molar-refractivity contribution < 1.29 is 9.50 Å². The van der Waals surface area contributed by atoms with Crippen molar-refractivity contribution in [3.05, 3.63) is 41.8 Å². The molecule has 0 radical (unpaired) electrons. The molecule has 1 aromatic carbocycles. The van der Waals surface area contributed by atoms with E-state index in [1.54, 1.807) is 6.07 Å². The van der Waals surface area contributed by atoms with Crippen LogP contribution in [0.3, 0.4) is 0 Å². The number of nitrogens with zero attached hydrogens (tertiary/aromatic N) is 3. The molecule has 1 atom stereocenters. The quantitative estimate of drug-likeness (QED) is 0.914. The van der Waals surface area contributed by atoms with Crippen molar-refractivity contribution in [2.45, 2.75) is 38.9 Å². The maximum absolute atomic E-state index is 13.9. The fraction of sp³-hybridized carbons (Fsp3) is 0.526. The summed E-state index contributed by atoms with van der Waals surface area (Å²) in [4.78, 5) is 9.33. The van der Waals surface area contributed by atoms with Gasteiger partial charge in [0.05, 0.1) is 5.69 Å². The van der Waals surface area contributed by atoms with Gasteiger partial charge in [0.15, 0.2) is 0 Å². The summed E-state index contributed by atoms with van der Waals surface area (Å²) in [5.41, 5.74) is 1.34. The van der Waals surface area contributed by atoms with Crippen LogP contribution in [0.2, 0.25) is 0 Å². The molecule has 2 aromatic rings. The van der Waals surface area contributed by atoms with Gasteiger partial charge in [-0.1, -0.05) is 18.2 Å². The highest BCUT2D eigenvalue weighted by atomic mass is 19.1. The Morgan fingerprint density at radius 2 is 2.08 bits per heavy atom. The predicted octanol–water partition coefficient (Wildman–Crippen LogP) is 2.65. The Morgan fingerprint density at radius 1 is 1.25 bits per heavy atom. The molecule has 0 bridgehead atoms. The Hall–Kier alpha value is -1.56. The second-order valence-electron chi connectivity index (χ2n) is 6.85. The van der Waals surface area contributed by atoms with Crippen LogP contribution in [0.25, 0.3) is 10.9 Å². The highest BCUT2D eigenvalue weighted by Gasteiger charge is 2.28. The molecular formula is C19H26FN3O. The molecule has 1 aliphatic heterocycles. The number of para-hydroxylation sites is 1. The third-order valence-corrected chi connectivity index (χ3v) is 4.85. The molecule has 0 saturated carbocycles. The zero-order valence-corrected chi connectivity index (χ0v) is 14.5. The predicted molar refractivity (Wildman–Crippen MR) is 94.3 cm³/mol. The van der Waals surface area contributed by atoms with Crippen molar-refractivity contribution in [2.75, 3.05) is 26.2 Å². The van der Waals surface area contributed by atoms with Gasteiger partial charge in [0.2, 0.25) is 0 Å². The third-order valence-electron chi connectivity index (χ3n) is 4.85. The molecule has 1 saturated heterocycles. The molecule has 24 heavy (non-hydrogen) atoms. The van der Waals surface area contributed by atoms with E-state index in [9.17, 15) is 9.50 Å². The fourth-order valence-electron chi connectivity index (χ4n) is 3.63. The average Bonchev–Trinajstić information content (AvgIpc) is 2.56. The Labute approximate surface area is 142 Å². The van der Waals surface area contributed by atoms with Gasteiger partial charge >= 0.3 is 0 Å². The highest BCUT2D eigenvalue weighted by molar-refractivity contribution is 5.79. The SMILES string of the molecule is CC(C)N1CCN(Cc2ccc3cccc(F)c3n2)C[C@H]1CCO. The number of aliphatic hydroxyl groups excluding tert-OH is 1. The molecule has 4 nitrogen and oxygen atoms in total. The topological polar surface area (TPSA) is 39.6 Å². The van der Waals surface area contributed by atoms with Gasteiger partial charge in [-0.05, 0) is 32.4 Å². The van der Waals surface area contributed by atoms with E-state index in [4.69, 9.17) is 0 Å². The van der Waals surface area contributed by atoms with Crippen LogP contribution in [0.5, 0.6) is 0 Å². The Kier molecular flexibility index (Phi) is 5.43. The van der Waals surface area contributed by atoms with Crippen LogP contribution in [-0.2, 0) is 6.54 Å². The number of aromatic nitrogens is 1. The summed E-state index contributed by atoms with van der Waals surface area (Å²) in [5, 5.41) is 10.2.